The van der Waals surface area contributed by atoms with Crippen LogP contribution in [0.3, 0.4) is 0 Å². The van der Waals surface area contributed by atoms with E-state index in [0.29, 0.717) is 5.56 Å². The summed E-state index contributed by atoms with van der Waals surface area (Å²) in [6.45, 7) is 1.55. The molecule has 1 aromatic heterocycles. The highest BCUT2D eigenvalue weighted by molar-refractivity contribution is 5.93. The van der Waals surface area contributed by atoms with Gasteiger partial charge in [-0.25, -0.2) is 0 Å². The maximum Gasteiger partial charge on any atom is 0.163 e. The fraction of sp³-hybridized carbons (Fsp3) is 0.105. The lowest BCUT2D eigenvalue weighted by molar-refractivity contribution is 0.101. The van der Waals surface area contributed by atoms with Gasteiger partial charge in [-0.05, 0) is 24.1 Å². The second kappa shape index (κ2) is 5.80. The predicted molar refractivity (Wildman–Crippen MR) is 82.5 cm³/mol. The summed E-state index contributed by atoms with van der Waals surface area (Å²) in [4.78, 5) is 11.5. The molecule has 0 saturated heterocycles. The zero-order chi connectivity index (χ0) is 14.7. The topological polar surface area (TPSA) is 30.2 Å². The zero-order valence-electron chi connectivity index (χ0n) is 11.8. The fourth-order valence-corrected chi connectivity index (χ4v) is 2.50. The van der Waals surface area contributed by atoms with Gasteiger partial charge in [-0.1, -0.05) is 60.7 Å². The number of rotatable bonds is 4. The predicted octanol–water partition coefficient (Wildman–Crippen LogP) is 4.66. The van der Waals surface area contributed by atoms with Crippen LogP contribution in [0.5, 0.6) is 0 Å². The molecule has 2 nitrogen and oxygen atoms in total. The molecule has 0 bridgehead atoms. The number of hydrogen-bond donors (Lipinski definition) is 0. The Hall–Kier alpha value is -2.61. The largest absolute Gasteiger partial charge is 0.468 e. The average Bonchev–Trinajstić information content (AvgIpc) is 3.00. The second-order valence-corrected chi connectivity index (χ2v) is 5.05. The summed E-state index contributed by atoms with van der Waals surface area (Å²) in [5.41, 5.74) is 2.91. The van der Waals surface area contributed by atoms with Crippen LogP contribution in [0.1, 0.15) is 40.1 Å². The van der Waals surface area contributed by atoms with Gasteiger partial charge in [-0.15, -0.1) is 0 Å². The summed E-state index contributed by atoms with van der Waals surface area (Å²) in [6.07, 6.45) is 1.54. The van der Waals surface area contributed by atoms with Crippen LogP contribution >= 0.6 is 0 Å². The van der Waals surface area contributed by atoms with Gasteiger partial charge in [0.2, 0.25) is 0 Å². The molecule has 0 radical (unpaired) electrons. The van der Waals surface area contributed by atoms with Crippen molar-refractivity contribution in [2.45, 2.75) is 12.8 Å². The van der Waals surface area contributed by atoms with Crippen molar-refractivity contribution in [1.82, 2.24) is 0 Å². The van der Waals surface area contributed by atoms with Crippen molar-refractivity contribution >= 4 is 5.78 Å². The molecule has 0 amide bonds. The number of furan rings is 1. The Bertz CT molecular complexity index is 687. The van der Waals surface area contributed by atoms with Crippen LogP contribution in [0, 0.1) is 0 Å². The van der Waals surface area contributed by atoms with Crippen LogP contribution in [-0.2, 0) is 0 Å². The Morgan fingerprint density at radius 2 is 1.43 bits per heavy atom. The average molecular weight is 276 g/mol. The minimum Gasteiger partial charge on any atom is -0.468 e. The third kappa shape index (κ3) is 2.79. The van der Waals surface area contributed by atoms with Gasteiger partial charge in [0.15, 0.2) is 5.78 Å². The Balaban J connectivity index is 2.10. The van der Waals surface area contributed by atoms with Crippen molar-refractivity contribution in [3.05, 3.63) is 95.4 Å². The number of Topliss-reactive ketones (excluding diaryl/α,β-unsaturated/α-hetero) is 1. The number of carbonyl (C=O) groups is 1. The van der Waals surface area contributed by atoms with Crippen LogP contribution in [-0.4, -0.2) is 5.78 Å². The highest BCUT2D eigenvalue weighted by atomic mass is 16.3. The first-order chi connectivity index (χ1) is 10.3. The minimum atomic E-state index is 0.000463. The van der Waals surface area contributed by atoms with E-state index < -0.39 is 0 Å². The first-order valence-electron chi connectivity index (χ1n) is 6.95. The molecule has 0 unspecified atom stereocenters. The minimum absolute atomic E-state index is 0.000463. The quantitative estimate of drug-likeness (QED) is 0.649. The van der Waals surface area contributed by atoms with Crippen molar-refractivity contribution in [3.63, 3.8) is 0 Å². The summed E-state index contributed by atoms with van der Waals surface area (Å²) in [7, 11) is 0. The van der Waals surface area contributed by atoms with Crippen molar-refractivity contribution < 1.29 is 9.21 Å². The standard InChI is InChI=1S/C19H16O2/c1-14(20)17-12-18(21-13-17)19(15-8-4-2-5-9-15)16-10-6-3-7-11-16/h2-13,19H,1H3. The first-order valence-corrected chi connectivity index (χ1v) is 6.95. The molecule has 0 saturated carbocycles. The van der Waals surface area contributed by atoms with Crippen molar-refractivity contribution in [1.29, 1.82) is 0 Å². The van der Waals surface area contributed by atoms with Gasteiger partial charge < -0.3 is 4.42 Å². The summed E-state index contributed by atoms with van der Waals surface area (Å²) >= 11 is 0. The Morgan fingerprint density at radius 1 is 0.905 bits per heavy atom. The number of ketones is 1. The fourth-order valence-electron chi connectivity index (χ4n) is 2.50. The number of hydrogen-bond acceptors (Lipinski definition) is 2. The van der Waals surface area contributed by atoms with Gasteiger partial charge >= 0.3 is 0 Å². The molecule has 0 aliphatic carbocycles. The van der Waals surface area contributed by atoms with Gasteiger partial charge in [-0.2, -0.15) is 0 Å². The zero-order valence-corrected chi connectivity index (χ0v) is 11.8. The van der Waals surface area contributed by atoms with Gasteiger partial charge in [0, 0.05) is 0 Å². The molecule has 3 rings (SSSR count). The Labute approximate surface area is 124 Å². The van der Waals surface area contributed by atoms with E-state index in [-0.39, 0.29) is 11.7 Å². The molecule has 2 heteroatoms. The van der Waals surface area contributed by atoms with Crippen LogP contribution in [0.2, 0.25) is 0 Å². The van der Waals surface area contributed by atoms with E-state index in [1.54, 1.807) is 6.92 Å². The molecular formula is C19H16O2. The SMILES string of the molecule is CC(=O)c1coc(C(c2ccccc2)c2ccccc2)c1. The maximum atomic E-state index is 11.5. The van der Waals surface area contributed by atoms with Crippen molar-refractivity contribution in [2.24, 2.45) is 0 Å². The summed E-state index contributed by atoms with van der Waals surface area (Å²) in [5.74, 6) is 0.808. The first kappa shape index (κ1) is 13.4. The molecule has 0 spiro atoms. The van der Waals surface area contributed by atoms with Gasteiger partial charge in [0.1, 0.15) is 12.0 Å². The van der Waals surface area contributed by atoms with Gasteiger partial charge in [0.25, 0.3) is 0 Å². The normalized spacial score (nSPS) is 10.8. The Kier molecular flexibility index (Phi) is 3.69. The van der Waals surface area contributed by atoms with Crippen LogP contribution < -0.4 is 0 Å². The third-order valence-corrected chi connectivity index (χ3v) is 3.58. The highest BCUT2D eigenvalue weighted by Gasteiger charge is 2.20. The third-order valence-electron chi connectivity index (χ3n) is 3.58. The molecule has 1 heterocycles. The molecule has 0 fully saturated rings. The van der Waals surface area contributed by atoms with Gasteiger partial charge in [0.05, 0.1) is 11.5 Å². The van der Waals surface area contributed by atoms with E-state index in [9.17, 15) is 4.79 Å². The molecule has 3 aromatic rings. The second-order valence-electron chi connectivity index (χ2n) is 5.05. The molecule has 2 aromatic carbocycles. The molecule has 0 atom stereocenters. The van der Waals surface area contributed by atoms with Crippen LogP contribution in [0.4, 0.5) is 0 Å². The van der Waals surface area contributed by atoms with E-state index in [1.807, 2.05) is 42.5 Å². The van der Waals surface area contributed by atoms with E-state index in [0.717, 1.165) is 16.9 Å². The van der Waals surface area contributed by atoms with Crippen LogP contribution in [0.25, 0.3) is 0 Å². The molecule has 21 heavy (non-hydrogen) atoms. The van der Waals surface area contributed by atoms with E-state index in [2.05, 4.69) is 24.3 Å². The molecule has 104 valence electrons. The summed E-state index contributed by atoms with van der Waals surface area (Å²) in [5, 5.41) is 0. The van der Waals surface area contributed by atoms with Crippen LogP contribution in [0.15, 0.2) is 77.4 Å². The van der Waals surface area contributed by atoms with Crippen molar-refractivity contribution in [2.75, 3.05) is 0 Å². The monoisotopic (exact) mass is 276 g/mol. The molecule has 0 N–H and O–H groups in total. The summed E-state index contributed by atoms with van der Waals surface area (Å²) < 4.78 is 5.68. The number of carbonyl (C=O) groups excluding carboxylic acids is 1. The maximum absolute atomic E-state index is 11.5. The highest BCUT2D eigenvalue weighted by Crippen LogP contribution is 2.32. The van der Waals surface area contributed by atoms with Gasteiger partial charge in [-0.3, -0.25) is 4.79 Å². The number of benzene rings is 2. The molecular weight excluding hydrogens is 260 g/mol. The van der Waals surface area contributed by atoms with E-state index >= 15 is 0 Å². The lowest BCUT2D eigenvalue weighted by Crippen LogP contribution is -2.02. The molecule has 0 aliphatic rings. The lowest BCUT2D eigenvalue weighted by atomic mass is 9.89. The van der Waals surface area contributed by atoms with E-state index in [1.165, 1.54) is 6.26 Å². The van der Waals surface area contributed by atoms with Crippen molar-refractivity contribution in [3.8, 4) is 0 Å². The Morgan fingerprint density at radius 3 is 1.86 bits per heavy atom. The summed E-state index contributed by atoms with van der Waals surface area (Å²) in [6, 6.07) is 22.2. The van der Waals surface area contributed by atoms with E-state index in [4.69, 9.17) is 4.42 Å². The lowest BCUT2D eigenvalue weighted by Gasteiger charge is -2.15. The molecule has 0 aliphatic heterocycles. The smallest absolute Gasteiger partial charge is 0.163 e.